The van der Waals surface area contributed by atoms with Gasteiger partial charge < -0.3 is 25.0 Å². The van der Waals surface area contributed by atoms with E-state index in [9.17, 15) is 4.79 Å². The Kier molecular flexibility index (Phi) is 9.77. The Balaban J connectivity index is 1.79. The zero-order valence-corrected chi connectivity index (χ0v) is 18.3. The number of hydrogen-bond donors (Lipinski definition) is 2. The summed E-state index contributed by atoms with van der Waals surface area (Å²) in [6.45, 7) is 8.22. The molecule has 2 N–H and O–H groups in total. The van der Waals surface area contributed by atoms with Gasteiger partial charge in [-0.15, -0.1) is 0 Å². The SMILES string of the molecule is CN=C(NCCC(=O)N1CCCC(C)C1)NCc1ccc(C)cc1OCCOC. The summed E-state index contributed by atoms with van der Waals surface area (Å²) in [7, 11) is 3.39. The molecule has 1 aromatic rings. The number of amides is 1. The number of ether oxygens (including phenoxy) is 2. The number of methoxy groups -OCH3 is 1. The first kappa shape index (κ1) is 23.0. The quantitative estimate of drug-likeness (QED) is 0.375. The lowest BCUT2D eigenvalue weighted by molar-refractivity contribution is -0.132. The number of likely N-dealkylation sites (tertiary alicyclic amines) is 1. The third kappa shape index (κ3) is 7.93. The maximum atomic E-state index is 12.4. The van der Waals surface area contributed by atoms with Gasteiger partial charge in [0, 0.05) is 52.3 Å². The van der Waals surface area contributed by atoms with Crippen molar-refractivity contribution in [1.29, 1.82) is 0 Å². The molecule has 1 saturated heterocycles. The van der Waals surface area contributed by atoms with Crippen LogP contribution in [0.5, 0.6) is 5.75 Å². The molecule has 0 aliphatic carbocycles. The summed E-state index contributed by atoms with van der Waals surface area (Å²) in [6.07, 6.45) is 2.80. The van der Waals surface area contributed by atoms with Gasteiger partial charge in [-0.3, -0.25) is 9.79 Å². The number of aliphatic imine (C=N–C) groups is 1. The average Bonchev–Trinajstić information content (AvgIpc) is 2.71. The van der Waals surface area contributed by atoms with E-state index >= 15 is 0 Å². The van der Waals surface area contributed by atoms with E-state index in [4.69, 9.17) is 9.47 Å². The van der Waals surface area contributed by atoms with Crippen LogP contribution in [0.1, 0.15) is 37.3 Å². The molecule has 0 aromatic heterocycles. The molecule has 1 aliphatic rings. The van der Waals surface area contributed by atoms with Crippen molar-refractivity contribution in [1.82, 2.24) is 15.5 Å². The molecule has 1 aromatic carbocycles. The van der Waals surface area contributed by atoms with Gasteiger partial charge in [-0.2, -0.15) is 0 Å². The Morgan fingerprint density at radius 2 is 2.14 bits per heavy atom. The number of benzene rings is 1. The number of nitrogens with zero attached hydrogens (tertiary/aromatic N) is 2. The largest absolute Gasteiger partial charge is 0.491 e. The highest BCUT2D eigenvalue weighted by atomic mass is 16.5. The molecule has 29 heavy (non-hydrogen) atoms. The van der Waals surface area contributed by atoms with Crippen LogP contribution < -0.4 is 15.4 Å². The number of piperidine rings is 1. The molecule has 0 saturated carbocycles. The Morgan fingerprint density at radius 3 is 2.86 bits per heavy atom. The molecule has 0 radical (unpaired) electrons. The minimum Gasteiger partial charge on any atom is -0.491 e. The van der Waals surface area contributed by atoms with Crippen molar-refractivity contribution < 1.29 is 14.3 Å². The van der Waals surface area contributed by atoms with Crippen molar-refractivity contribution in [3.05, 3.63) is 29.3 Å². The lowest BCUT2D eigenvalue weighted by atomic mass is 10.00. The van der Waals surface area contributed by atoms with E-state index in [-0.39, 0.29) is 5.91 Å². The maximum absolute atomic E-state index is 12.4. The highest BCUT2D eigenvalue weighted by Crippen LogP contribution is 2.20. The molecule has 1 unspecified atom stereocenters. The van der Waals surface area contributed by atoms with Crippen LogP contribution in [-0.4, -0.2) is 63.8 Å². The second-order valence-corrected chi connectivity index (χ2v) is 7.64. The Hall–Kier alpha value is -2.28. The summed E-state index contributed by atoms with van der Waals surface area (Å²) in [5.74, 6) is 2.34. The summed E-state index contributed by atoms with van der Waals surface area (Å²) in [5, 5.41) is 6.53. The number of carbonyl (C=O) groups is 1. The van der Waals surface area contributed by atoms with Gasteiger partial charge >= 0.3 is 0 Å². The third-order valence-corrected chi connectivity index (χ3v) is 5.08. The zero-order chi connectivity index (χ0) is 21.1. The molecule has 162 valence electrons. The first-order chi connectivity index (χ1) is 14.0. The second kappa shape index (κ2) is 12.3. The highest BCUT2D eigenvalue weighted by Gasteiger charge is 2.20. The van der Waals surface area contributed by atoms with Crippen molar-refractivity contribution >= 4 is 11.9 Å². The number of nitrogens with one attached hydrogen (secondary N) is 2. The number of guanidine groups is 1. The molecule has 7 heteroatoms. The van der Waals surface area contributed by atoms with Gasteiger partial charge in [-0.1, -0.05) is 19.1 Å². The van der Waals surface area contributed by atoms with E-state index in [1.807, 2.05) is 17.9 Å². The first-order valence-electron chi connectivity index (χ1n) is 10.5. The zero-order valence-electron chi connectivity index (χ0n) is 18.3. The smallest absolute Gasteiger partial charge is 0.224 e. The van der Waals surface area contributed by atoms with Crippen LogP contribution >= 0.6 is 0 Å². The van der Waals surface area contributed by atoms with Crippen molar-refractivity contribution in [2.45, 2.75) is 39.7 Å². The van der Waals surface area contributed by atoms with Crippen molar-refractivity contribution in [3.63, 3.8) is 0 Å². The lowest BCUT2D eigenvalue weighted by Crippen LogP contribution is -2.42. The highest BCUT2D eigenvalue weighted by molar-refractivity contribution is 5.81. The van der Waals surface area contributed by atoms with E-state index in [0.717, 1.165) is 36.4 Å². The fourth-order valence-corrected chi connectivity index (χ4v) is 3.44. The van der Waals surface area contributed by atoms with Gasteiger partial charge in [-0.05, 0) is 37.3 Å². The molecule has 0 spiro atoms. The Morgan fingerprint density at radius 1 is 1.31 bits per heavy atom. The molecule has 1 atom stereocenters. The maximum Gasteiger partial charge on any atom is 0.224 e. The van der Waals surface area contributed by atoms with Gasteiger partial charge in [0.15, 0.2) is 5.96 Å². The Bertz CT molecular complexity index is 678. The van der Waals surface area contributed by atoms with Gasteiger partial charge in [0.2, 0.25) is 5.91 Å². The average molecular weight is 405 g/mol. The molecule has 1 aliphatic heterocycles. The van der Waals surface area contributed by atoms with E-state index in [0.29, 0.717) is 44.6 Å². The number of hydrogen-bond acceptors (Lipinski definition) is 4. The molecule has 0 bridgehead atoms. The van der Waals surface area contributed by atoms with Crippen molar-refractivity contribution in [3.8, 4) is 5.75 Å². The fraction of sp³-hybridized carbons (Fsp3) is 0.636. The van der Waals surface area contributed by atoms with Gasteiger partial charge in [0.25, 0.3) is 0 Å². The Labute approximate surface area is 174 Å². The van der Waals surface area contributed by atoms with Crippen LogP contribution in [0.2, 0.25) is 0 Å². The molecular formula is C22H36N4O3. The summed E-state index contributed by atoms with van der Waals surface area (Å²) in [5.41, 5.74) is 2.20. The molecule has 1 amide bonds. The summed E-state index contributed by atoms with van der Waals surface area (Å²) < 4.78 is 10.9. The molecule has 1 heterocycles. The minimum absolute atomic E-state index is 0.215. The molecule has 7 nitrogen and oxygen atoms in total. The minimum atomic E-state index is 0.215. The predicted molar refractivity (Wildman–Crippen MR) is 116 cm³/mol. The van der Waals surface area contributed by atoms with E-state index in [1.54, 1.807) is 14.2 Å². The first-order valence-corrected chi connectivity index (χ1v) is 10.5. The summed E-state index contributed by atoms with van der Waals surface area (Å²) in [4.78, 5) is 18.6. The van der Waals surface area contributed by atoms with Crippen LogP contribution in [-0.2, 0) is 16.1 Å². The summed E-state index contributed by atoms with van der Waals surface area (Å²) >= 11 is 0. The van der Waals surface area contributed by atoms with Crippen LogP contribution in [0.3, 0.4) is 0 Å². The van der Waals surface area contributed by atoms with Crippen LogP contribution in [0.15, 0.2) is 23.2 Å². The van der Waals surface area contributed by atoms with Gasteiger partial charge in [0.1, 0.15) is 12.4 Å². The third-order valence-electron chi connectivity index (χ3n) is 5.08. The topological polar surface area (TPSA) is 75.2 Å². The van der Waals surface area contributed by atoms with E-state index in [1.165, 1.54) is 6.42 Å². The van der Waals surface area contributed by atoms with Gasteiger partial charge in [0.05, 0.1) is 6.61 Å². The lowest BCUT2D eigenvalue weighted by Gasteiger charge is -2.31. The molecule has 2 rings (SSSR count). The normalized spacial score (nSPS) is 17.2. The number of carbonyl (C=O) groups excluding carboxylic acids is 1. The van der Waals surface area contributed by atoms with Crippen molar-refractivity contribution in [2.75, 3.05) is 47.0 Å². The van der Waals surface area contributed by atoms with Gasteiger partial charge in [-0.25, -0.2) is 0 Å². The molecular weight excluding hydrogens is 368 g/mol. The number of aryl methyl sites for hydroxylation is 1. The van der Waals surface area contributed by atoms with Crippen LogP contribution in [0.4, 0.5) is 0 Å². The number of rotatable bonds is 9. The second-order valence-electron chi connectivity index (χ2n) is 7.64. The van der Waals surface area contributed by atoms with Crippen LogP contribution in [0.25, 0.3) is 0 Å². The predicted octanol–water partition coefficient (Wildman–Crippen LogP) is 2.33. The van der Waals surface area contributed by atoms with Crippen LogP contribution in [0, 0.1) is 12.8 Å². The fourth-order valence-electron chi connectivity index (χ4n) is 3.44. The monoisotopic (exact) mass is 404 g/mol. The summed E-state index contributed by atoms with van der Waals surface area (Å²) in [6, 6.07) is 6.15. The molecule has 1 fully saturated rings. The van der Waals surface area contributed by atoms with E-state index < -0.39 is 0 Å². The standard InChI is InChI=1S/C22H36N4O3/c1-17-7-8-19(20(14-17)29-13-12-28-4)15-25-22(23-3)24-10-9-21(27)26-11-5-6-18(2)16-26/h7-8,14,18H,5-6,9-13,15-16H2,1-4H3,(H2,23,24,25). The van der Waals surface area contributed by atoms with E-state index in [2.05, 4.69) is 34.7 Å². The van der Waals surface area contributed by atoms with Crippen molar-refractivity contribution in [2.24, 2.45) is 10.9 Å².